The topological polar surface area (TPSA) is 156 Å². The summed E-state index contributed by atoms with van der Waals surface area (Å²) >= 11 is 0. The van der Waals surface area contributed by atoms with Crippen LogP contribution in [0.3, 0.4) is 0 Å². The van der Waals surface area contributed by atoms with Gasteiger partial charge < -0.3 is 49.4 Å². The third-order valence-electron chi connectivity index (χ3n) is 5.50. The molecule has 0 radical (unpaired) electrons. The van der Waals surface area contributed by atoms with E-state index < -0.39 is 67.8 Å². The van der Waals surface area contributed by atoms with Crippen LogP contribution < -0.4 is 5.32 Å². The van der Waals surface area contributed by atoms with Crippen molar-refractivity contribution < 1.29 is 48.9 Å². The molecule has 30 heavy (non-hydrogen) atoms. The monoisotopic (exact) mass is 437 g/mol. The highest BCUT2D eigenvalue weighted by molar-refractivity contribution is 5.73. The van der Waals surface area contributed by atoms with Gasteiger partial charge in [0.2, 0.25) is 5.91 Å². The van der Waals surface area contributed by atoms with Crippen molar-refractivity contribution in [3.05, 3.63) is 0 Å². The molecule has 0 spiro atoms. The van der Waals surface area contributed by atoms with Crippen molar-refractivity contribution in [3.8, 4) is 0 Å². The van der Waals surface area contributed by atoms with Gasteiger partial charge in [-0.25, -0.2) is 0 Å². The van der Waals surface area contributed by atoms with E-state index >= 15 is 0 Å². The minimum atomic E-state index is -1.38. The maximum Gasteiger partial charge on any atom is 0.217 e. The Morgan fingerprint density at radius 1 is 1.03 bits per heavy atom. The first-order valence-corrected chi connectivity index (χ1v) is 10.1. The number of nitrogens with one attached hydrogen (secondary N) is 1. The summed E-state index contributed by atoms with van der Waals surface area (Å²) in [5.41, 5.74) is 0. The molecule has 0 aliphatic carbocycles. The van der Waals surface area contributed by atoms with Crippen LogP contribution in [-0.2, 0) is 28.5 Å². The van der Waals surface area contributed by atoms with Crippen molar-refractivity contribution in [2.24, 2.45) is 5.92 Å². The second kappa shape index (κ2) is 11.1. The van der Waals surface area contributed by atoms with Gasteiger partial charge in [0.15, 0.2) is 6.29 Å². The molecule has 1 amide bonds. The Balaban J connectivity index is 2.25. The number of rotatable bonds is 8. The van der Waals surface area contributed by atoms with Gasteiger partial charge in [-0.2, -0.15) is 0 Å². The van der Waals surface area contributed by atoms with Crippen molar-refractivity contribution in [2.45, 2.75) is 81.9 Å². The van der Waals surface area contributed by atoms with Crippen molar-refractivity contribution in [2.75, 3.05) is 27.4 Å². The zero-order valence-corrected chi connectivity index (χ0v) is 18.0. The van der Waals surface area contributed by atoms with E-state index in [0.29, 0.717) is 0 Å². The summed E-state index contributed by atoms with van der Waals surface area (Å²) in [6.45, 7) is 4.63. The van der Waals surface area contributed by atoms with Gasteiger partial charge in [-0.05, 0) is 5.92 Å². The first-order valence-electron chi connectivity index (χ1n) is 10.1. The molecule has 11 nitrogen and oxygen atoms in total. The Morgan fingerprint density at radius 2 is 1.70 bits per heavy atom. The number of ether oxygens (including phenoxy) is 5. The molecular weight excluding hydrogens is 402 g/mol. The lowest BCUT2D eigenvalue weighted by Gasteiger charge is -2.48. The fraction of sp³-hybridized carbons (Fsp3) is 0.947. The summed E-state index contributed by atoms with van der Waals surface area (Å²) < 4.78 is 27.7. The van der Waals surface area contributed by atoms with E-state index in [-0.39, 0.29) is 18.4 Å². The molecule has 0 aromatic rings. The van der Waals surface area contributed by atoms with Gasteiger partial charge in [-0.3, -0.25) is 4.79 Å². The molecule has 2 aliphatic rings. The number of aliphatic hydroxyl groups is 4. The van der Waals surface area contributed by atoms with Gasteiger partial charge in [-0.15, -0.1) is 0 Å². The van der Waals surface area contributed by atoms with Gasteiger partial charge >= 0.3 is 0 Å². The van der Waals surface area contributed by atoms with Gasteiger partial charge in [-0.1, -0.05) is 13.8 Å². The predicted molar refractivity (Wildman–Crippen MR) is 102 cm³/mol. The van der Waals surface area contributed by atoms with Crippen LogP contribution in [-0.4, -0.2) is 115 Å². The number of carbonyl (C=O) groups excluding carboxylic acids is 1. The molecule has 2 rings (SSSR count). The Labute approximate surface area is 176 Å². The lowest BCUT2D eigenvalue weighted by atomic mass is 9.87. The van der Waals surface area contributed by atoms with Gasteiger partial charge in [0.25, 0.3) is 0 Å². The minimum Gasteiger partial charge on any atom is -0.394 e. The standard InChI is InChI=1S/C19H35NO10/c1-8(2)16-12(20-9(3)22)14(24)17(10(6-21)28-16)30-19-15(25)18(27-5)13(23)11(29-19)7-26-4/h8,10-19,21,23-25H,6-7H2,1-5H3,(H,20,22)/t10?,11?,12?,13-,14+,15?,16-,17+,18-,19-/m0/s1. The molecule has 2 heterocycles. The van der Waals surface area contributed by atoms with Crippen LogP contribution in [0, 0.1) is 5.92 Å². The summed E-state index contributed by atoms with van der Waals surface area (Å²) in [7, 11) is 2.77. The molecular formula is C19H35NO10. The van der Waals surface area contributed by atoms with Gasteiger partial charge in [0.1, 0.15) is 42.7 Å². The van der Waals surface area contributed by atoms with E-state index in [1.165, 1.54) is 21.1 Å². The van der Waals surface area contributed by atoms with E-state index in [4.69, 9.17) is 23.7 Å². The largest absolute Gasteiger partial charge is 0.394 e. The molecule has 4 unspecified atom stereocenters. The second-order valence-corrected chi connectivity index (χ2v) is 8.06. The fourth-order valence-electron chi connectivity index (χ4n) is 4.02. The quantitative estimate of drug-likeness (QED) is 0.281. The third kappa shape index (κ3) is 5.47. The second-order valence-electron chi connectivity index (χ2n) is 8.06. The summed E-state index contributed by atoms with van der Waals surface area (Å²) in [6, 6.07) is -0.797. The highest BCUT2D eigenvalue weighted by atomic mass is 16.7. The van der Waals surface area contributed by atoms with E-state index in [1.54, 1.807) is 0 Å². The van der Waals surface area contributed by atoms with Crippen LogP contribution in [0.15, 0.2) is 0 Å². The lowest BCUT2D eigenvalue weighted by Crippen LogP contribution is -2.68. The molecule has 5 N–H and O–H groups in total. The van der Waals surface area contributed by atoms with Crippen molar-refractivity contribution >= 4 is 5.91 Å². The predicted octanol–water partition coefficient (Wildman–Crippen LogP) is -2.24. The zero-order chi connectivity index (χ0) is 22.6. The van der Waals surface area contributed by atoms with E-state index in [1.807, 2.05) is 13.8 Å². The van der Waals surface area contributed by atoms with Crippen LogP contribution in [0.25, 0.3) is 0 Å². The molecule has 0 aromatic heterocycles. The number of carbonyl (C=O) groups is 1. The van der Waals surface area contributed by atoms with Gasteiger partial charge in [0, 0.05) is 21.1 Å². The minimum absolute atomic E-state index is 0.0185. The number of amides is 1. The van der Waals surface area contributed by atoms with Crippen LogP contribution in [0.2, 0.25) is 0 Å². The average molecular weight is 437 g/mol. The highest BCUT2D eigenvalue weighted by Gasteiger charge is 2.51. The molecule has 176 valence electrons. The smallest absolute Gasteiger partial charge is 0.217 e. The van der Waals surface area contributed by atoms with E-state index in [0.717, 1.165) is 0 Å². The highest BCUT2D eigenvalue weighted by Crippen LogP contribution is 2.31. The molecule has 0 saturated carbocycles. The van der Waals surface area contributed by atoms with E-state index in [2.05, 4.69) is 5.32 Å². The number of aliphatic hydroxyl groups excluding tert-OH is 4. The maximum absolute atomic E-state index is 11.7. The third-order valence-corrected chi connectivity index (χ3v) is 5.50. The Kier molecular flexibility index (Phi) is 9.40. The van der Waals surface area contributed by atoms with Crippen molar-refractivity contribution in [3.63, 3.8) is 0 Å². The number of methoxy groups -OCH3 is 2. The van der Waals surface area contributed by atoms with Crippen LogP contribution in [0.1, 0.15) is 20.8 Å². The molecule has 2 aliphatic heterocycles. The first-order chi connectivity index (χ1) is 14.2. The summed E-state index contributed by atoms with van der Waals surface area (Å²) in [5.74, 6) is -0.423. The van der Waals surface area contributed by atoms with Crippen molar-refractivity contribution in [1.82, 2.24) is 5.32 Å². The van der Waals surface area contributed by atoms with Crippen molar-refractivity contribution in [1.29, 1.82) is 0 Å². The molecule has 2 saturated heterocycles. The summed E-state index contributed by atoms with van der Waals surface area (Å²) in [5, 5.41) is 44.4. The molecule has 11 heteroatoms. The molecule has 10 atom stereocenters. The SMILES string of the molecule is COCC1O[C@@H](O[C@@H]2C(CO)O[C@@H](C(C)C)C(NC(C)=O)[C@H]2O)C(O)[C@@H](OC)[C@H]1O. The fourth-order valence-corrected chi connectivity index (χ4v) is 4.02. The average Bonchev–Trinajstić information content (AvgIpc) is 2.68. The summed E-state index contributed by atoms with van der Waals surface area (Å²) in [6.07, 6.45) is -9.59. The van der Waals surface area contributed by atoms with E-state index in [9.17, 15) is 25.2 Å². The zero-order valence-electron chi connectivity index (χ0n) is 18.0. The van der Waals surface area contributed by atoms with Crippen LogP contribution in [0.5, 0.6) is 0 Å². The Bertz CT molecular complexity index is 549. The normalized spacial score (nSPS) is 42.3. The number of hydrogen-bond donors (Lipinski definition) is 5. The van der Waals surface area contributed by atoms with Gasteiger partial charge in [0.05, 0.1) is 25.4 Å². The molecule has 0 bridgehead atoms. The van der Waals surface area contributed by atoms with Crippen LogP contribution in [0.4, 0.5) is 0 Å². The molecule has 0 aromatic carbocycles. The molecule has 2 fully saturated rings. The first kappa shape index (κ1) is 25.4. The Morgan fingerprint density at radius 3 is 2.20 bits per heavy atom. The number of hydrogen-bond acceptors (Lipinski definition) is 10. The summed E-state index contributed by atoms with van der Waals surface area (Å²) in [4.78, 5) is 11.7. The Hall–Kier alpha value is -0.890. The van der Waals surface area contributed by atoms with Crippen LogP contribution >= 0.6 is 0 Å². The lowest BCUT2D eigenvalue weighted by molar-refractivity contribution is -0.339. The maximum atomic E-state index is 11.7.